The molecule has 0 aliphatic heterocycles. The van der Waals surface area contributed by atoms with E-state index < -0.39 is 0 Å². The third-order valence-corrected chi connectivity index (χ3v) is 2.60. The molecule has 0 amide bonds. The number of halogens is 1. The lowest BCUT2D eigenvalue weighted by Crippen LogP contribution is -1.97. The van der Waals surface area contributed by atoms with Crippen LogP contribution in [0.5, 0.6) is 5.75 Å². The highest BCUT2D eigenvalue weighted by Crippen LogP contribution is 2.20. The van der Waals surface area contributed by atoms with Crippen molar-refractivity contribution in [3.8, 4) is 11.8 Å². The Hall–Kier alpha value is -2.34. The Morgan fingerprint density at radius 1 is 1.22 bits per heavy atom. The number of ether oxygens (including phenoxy) is 1. The lowest BCUT2D eigenvalue weighted by Gasteiger charge is -2.09. The molecule has 0 radical (unpaired) electrons. The van der Waals surface area contributed by atoms with Crippen molar-refractivity contribution in [2.24, 2.45) is 0 Å². The molecule has 2 aromatic carbocycles. The van der Waals surface area contributed by atoms with E-state index in [1.807, 2.05) is 13.0 Å². The van der Waals surface area contributed by atoms with E-state index in [-0.39, 0.29) is 5.82 Å². The number of nitrogens with zero attached hydrogens (tertiary/aromatic N) is 1. The Morgan fingerprint density at radius 3 is 2.83 bits per heavy atom. The van der Waals surface area contributed by atoms with Gasteiger partial charge in [-0.1, -0.05) is 18.2 Å². The fraction of sp³-hybridized carbons (Fsp3) is 0.133. The second-order valence-corrected chi connectivity index (χ2v) is 4.01. The summed E-state index contributed by atoms with van der Waals surface area (Å²) < 4.78 is 18.6. The second kappa shape index (κ2) is 5.33. The maximum atomic E-state index is 13.1. The largest absolute Gasteiger partial charge is 0.489 e. The Balaban J connectivity index is 2.11. The molecule has 0 spiro atoms. The predicted molar refractivity (Wildman–Crippen MR) is 66.6 cm³/mol. The monoisotopic (exact) mass is 241 g/mol. The molecule has 0 fully saturated rings. The Bertz CT molecular complexity index is 602. The predicted octanol–water partition coefficient (Wildman–Crippen LogP) is 3.58. The molecule has 90 valence electrons. The van der Waals surface area contributed by atoms with Crippen molar-refractivity contribution in [3.05, 3.63) is 65.0 Å². The molecular weight excluding hydrogens is 229 g/mol. The van der Waals surface area contributed by atoms with E-state index in [0.717, 1.165) is 11.1 Å². The maximum absolute atomic E-state index is 13.1. The van der Waals surface area contributed by atoms with Crippen LogP contribution in [0.4, 0.5) is 4.39 Å². The van der Waals surface area contributed by atoms with E-state index in [9.17, 15) is 4.39 Å². The first-order chi connectivity index (χ1) is 8.69. The molecule has 2 rings (SSSR count). The van der Waals surface area contributed by atoms with Crippen LogP contribution in [-0.2, 0) is 6.61 Å². The Labute approximate surface area is 105 Å². The first-order valence-corrected chi connectivity index (χ1v) is 5.57. The van der Waals surface area contributed by atoms with Crippen LogP contribution < -0.4 is 4.74 Å². The number of hydrogen-bond acceptors (Lipinski definition) is 2. The van der Waals surface area contributed by atoms with Crippen LogP contribution in [0, 0.1) is 24.1 Å². The first-order valence-electron chi connectivity index (χ1n) is 5.57. The fourth-order valence-corrected chi connectivity index (χ4v) is 1.62. The third-order valence-electron chi connectivity index (χ3n) is 2.60. The highest BCUT2D eigenvalue weighted by molar-refractivity contribution is 5.35. The SMILES string of the molecule is Cc1ccc(F)cc1OCc1cccc(C#N)c1. The van der Waals surface area contributed by atoms with Gasteiger partial charge in [-0.05, 0) is 36.2 Å². The zero-order valence-corrected chi connectivity index (χ0v) is 9.98. The molecule has 0 saturated carbocycles. The summed E-state index contributed by atoms with van der Waals surface area (Å²) in [5, 5.41) is 8.79. The zero-order valence-electron chi connectivity index (χ0n) is 9.98. The van der Waals surface area contributed by atoms with Gasteiger partial charge in [0.2, 0.25) is 0 Å². The second-order valence-electron chi connectivity index (χ2n) is 4.01. The van der Waals surface area contributed by atoms with Gasteiger partial charge in [-0.2, -0.15) is 5.26 Å². The first kappa shape index (κ1) is 12.1. The van der Waals surface area contributed by atoms with Crippen molar-refractivity contribution in [2.45, 2.75) is 13.5 Å². The summed E-state index contributed by atoms with van der Waals surface area (Å²) in [7, 11) is 0. The normalized spacial score (nSPS) is 9.83. The molecule has 0 aliphatic carbocycles. The van der Waals surface area contributed by atoms with Gasteiger partial charge in [0.1, 0.15) is 18.2 Å². The topological polar surface area (TPSA) is 33.0 Å². The number of benzene rings is 2. The van der Waals surface area contributed by atoms with Crippen LogP contribution in [0.2, 0.25) is 0 Å². The minimum atomic E-state index is -0.318. The Morgan fingerprint density at radius 2 is 2.06 bits per heavy atom. The fourth-order valence-electron chi connectivity index (χ4n) is 1.62. The van der Waals surface area contributed by atoms with Gasteiger partial charge in [0.05, 0.1) is 11.6 Å². The number of nitriles is 1. The van der Waals surface area contributed by atoms with Crippen molar-refractivity contribution >= 4 is 0 Å². The van der Waals surface area contributed by atoms with Crippen LogP contribution in [-0.4, -0.2) is 0 Å². The number of aryl methyl sites for hydroxylation is 1. The van der Waals surface area contributed by atoms with Gasteiger partial charge in [0.15, 0.2) is 0 Å². The third kappa shape index (κ3) is 2.86. The van der Waals surface area contributed by atoms with Crippen molar-refractivity contribution in [3.63, 3.8) is 0 Å². The highest BCUT2D eigenvalue weighted by Gasteiger charge is 2.02. The van der Waals surface area contributed by atoms with Gasteiger partial charge < -0.3 is 4.74 Å². The average molecular weight is 241 g/mol. The van der Waals surface area contributed by atoms with E-state index in [2.05, 4.69) is 6.07 Å². The zero-order chi connectivity index (χ0) is 13.0. The van der Waals surface area contributed by atoms with Gasteiger partial charge in [-0.15, -0.1) is 0 Å². The van der Waals surface area contributed by atoms with Crippen LogP contribution in [0.3, 0.4) is 0 Å². The van der Waals surface area contributed by atoms with Crippen molar-refractivity contribution in [2.75, 3.05) is 0 Å². The van der Waals surface area contributed by atoms with Crippen LogP contribution in [0.25, 0.3) is 0 Å². The Kier molecular flexibility index (Phi) is 3.59. The van der Waals surface area contributed by atoms with Crippen LogP contribution >= 0.6 is 0 Å². The molecule has 0 unspecified atom stereocenters. The van der Waals surface area contributed by atoms with E-state index in [1.165, 1.54) is 12.1 Å². The molecule has 0 N–H and O–H groups in total. The van der Waals surface area contributed by atoms with Gasteiger partial charge >= 0.3 is 0 Å². The minimum absolute atomic E-state index is 0.318. The standard InChI is InChI=1S/C15H12FNO/c1-11-5-6-14(16)8-15(11)18-10-13-4-2-3-12(7-13)9-17/h2-8H,10H2,1H3. The highest BCUT2D eigenvalue weighted by atomic mass is 19.1. The summed E-state index contributed by atoms with van der Waals surface area (Å²) in [6.45, 7) is 2.18. The van der Waals surface area contributed by atoms with Crippen molar-refractivity contribution in [1.82, 2.24) is 0 Å². The van der Waals surface area contributed by atoms with E-state index >= 15 is 0 Å². The molecule has 3 heteroatoms. The summed E-state index contributed by atoms with van der Waals surface area (Å²) in [6, 6.07) is 13.7. The molecule has 0 aromatic heterocycles. The van der Waals surface area contributed by atoms with Crippen LogP contribution in [0.1, 0.15) is 16.7 Å². The molecule has 18 heavy (non-hydrogen) atoms. The summed E-state index contributed by atoms with van der Waals surface area (Å²) in [6.07, 6.45) is 0. The smallest absolute Gasteiger partial charge is 0.126 e. The summed E-state index contributed by atoms with van der Waals surface area (Å²) in [5.41, 5.74) is 2.36. The molecule has 0 atom stereocenters. The van der Waals surface area contributed by atoms with Crippen molar-refractivity contribution < 1.29 is 9.13 Å². The van der Waals surface area contributed by atoms with E-state index in [0.29, 0.717) is 17.9 Å². The molecule has 0 heterocycles. The molecule has 0 aliphatic rings. The summed E-state index contributed by atoms with van der Waals surface area (Å²) in [4.78, 5) is 0. The summed E-state index contributed by atoms with van der Waals surface area (Å²) >= 11 is 0. The van der Waals surface area contributed by atoms with Gasteiger partial charge in [-0.3, -0.25) is 0 Å². The molecule has 2 nitrogen and oxygen atoms in total. The van der Waals surface area contributed by atoms with E-state index in [1.54, 1.807) is 24.3 Å². The van der Waals surface area contributed by atoms with Gasteiger partial charge in [0, 0.05) is 6.07 Å². The number of rotatable bonds is 3. The average Bonchev–Trinajstić information content (AvgIpc) is 2.40. The quantitative estimate of drug-likeness (QED) is 0.822. The molecular formula is C15H12FNO. The molecule has 0 saturated heterocycles. The minimum Gasteiger partial charge on any atom is -0.489 e. The van der Waals surface area contributed by atoms with Crippen LogP contribution in [0.15, 0.2) is 42.5 Å². The lowest BCUT2D eigenvalue weighted by molar-refractivity contribution is 0.302. The number of hydrogen-bond donors (Lipinski definition) is 0. The summed E-state index contributed by atoms with van der Waals surface area (Å²) in [5.74, 6) is 0.207. The maximum Gasteiger partial charge on any atom is 0.126 e. The van der Waals surface area contributed by atoms with Gasteiger partial charge in [0.25, 0.3) is 0 Å². The van der Waals surface area contributed by atoms with Crippen molar-refractivity contribution in [1.29, 1.82) is 5.26 Å². The van der Waals surface area contributed by atoms with E-state index in [4.69, 9.17) is 10.00 Å². The molecule has 2 aromatic rings. The lowest BCUT2D eigenvalue weighted by atomic mass is 10.1. The molecule has 0 bridgehead atoms. The van der Waals surface area contributed by atoms with Gasteiger partial charge in [-0.25, -0.2) is 4.39 Å².